The van der Waals surface area contributed by atoms with E-state index in [1.807, 2.05) is 42.6 Å². The lowest BCUT2D eigenvalue weighted by molar-refractivity contribution is -0.139. The Morgan fingerprint density at radius 3 is 2.33 bits per heavy atom. The summed E-state index contributed by atoms with van der Waals surface area (Å²) in [4.78, 5) is 31.3. The number of ketones is 1. The van der Waals surface area contributed by atoms with E-state index in [-0.39, 0.29) is 17.9 Å². The number of likely N-dealkylation sites (tertiary alicyclic amines) is 1. The fraction of sp³-hybridized carbons (Fsp3) is 0.172. The van der Waals surface area contributed by atoms with E-state index < -0.39 is 17.7 Å². The molecule has 0 spiro atoms. The number of aromatic amines is 1. The molecule has 182 valence electrons. The first-order chi connectivity index (χ1) is 17.5. The highest BCUT2D eigenvalue weighted by atomic mass is 16.5. The minimum Gasteiger partial charge on any atom is -0.507 e. The van der Waals surface area contributed by atoms with Crippen LogP contribution in [0.5, 0.6) is 11.5 Å². The molecule has 2 heterocycles. The lowest BCUT2D eigenvalue weighted by Gasteiger charge is -2.25. The summed E-state index contributed by atoms with van der Waals surface area (Å²) in [6.07, 6.45) is 2.42. The summed E-state index contributed by atoms with van der Waals surface area (Å²) >= 11 is 0. The Balaban J connectivity index is 1.55. The molecule has 7 heteroatoms. The second kappa shape index (κ2) is 9.62. The maximum Gasteiger partial charge on any atom is 0.295 e. The van der Waals surface area contributed by atoms with Crippen molar-refractivity contribution in [3.05, 3.63) is 101 Å². The summed E-state index contributed by atoms with van der Waals surface area (Å²) in [7, 11) is 3.20. The summed E-state index contributed by atoms with van der Waals surface area (Å²) in [5.41, 5.74) is 3.24. The van der Waals surface area contributed by atoms with Crippen LogP contribution in [0.4, 0.5) is 0 Å². The standard InChI is InChI=1S/C29H26N2O5/c1-35-21-10-8-18(9-11-21)26-25(27(32)19-6-4-3-5-7-19)28(33)29(34)31(26)15-14-20-17-30-24-13-12-22(36-2)16-23(20)24/h3-13,16-17,26,30,32H,14-15H2,1-2H3/b27-25-. The average Bonchev–Trinajstić information content (AvgIpc) is 3.44. The van der Waals surface area contributed by atoms with Gasteiger partial charge in [0.25, 0.3) is 11.7 Å². The Bertz CT molecular complexity index is 1450. The zero-order chi connectivity index (χ0) is 25.2. The Morgan fingerprint density at radius 2 is 1.64 bits per heavy atom. The van der Waals surface area contributed by atoms with Gasteiger partial charge in [-0.25, -0.2) is 0 Å². The molecule has 36 heavy (non-hydrogen) atoms. The van der Waals surface area contributed by atoms with Crippen LogP contribution in [0.15, 0.2) is 84.6 Å². The van der Waals surface area contributed by atoms with Crippen LogP contribution in [0.25, 0.3) is 16.7 Å². The van der Waals surface area contributed by atoms with Crippen molar-refractivity contribution in [1.82, 2.24) is 9.88 Å². The molecule has 1 fully saturated rings. The fourth-order valence-corrected chi connectivity index (χ4v) is 4.73. The SMILES string of the molecule is COc1ccc(C2/C(=C(/O)c3ccccc3)C(=O)C(=O)N2CCc2c[nH]c3ccc(OC)cc23)cc1. The molecule has 0 bridgehead atoms. The molecule has 1 unspecified atom stereocenters. The van der Waals surface area contributed by atoms with Crippen LogP contribution < -0.4 is 9.47 Å². The normalized spacial score (nSPS) is 17.1. The molecule has 3 aromatic carbocycles. The summed E-state index contributed by atoms with van der Waals surface area (Å²) in [6.45, 7) is 0.289. The van der Waals surface area contributed by atoms with E-state index in [1.165, 1.54) is 4.90 Å². The van der Waals surface area contributed by atoms with Crippen molar-refractivity contribution < 1.29 is 24.2 Å². The Hall–Kier alpha value is -4.52. The van der Waals surface area contributed by atoms with E-state index >= 15 is 0 Å². The van der Waals surface area contributed by atoms with Crippen LogP contribution >= 0.6 is 0 Å². The van der Waals surface area contributed by atoms with Gasteiger partial charge in [-0.05, 0) is 47.9 Å². The minimum atomic E-state index is -0.726. The van der Waals surface area contributed by atoms with E-state index in [0.717, 1.165) is 22.2 Å². The number of H-pyrrole nitrogens is 1. The number of carbonyl (C=O) groups excluding carboxylic acids is 2. The van der Waals surface area contributed by atoms with Crippen LogP contribution in [0.3, 0.4) is 0 Å². The van der Waals surface area contributed by atoms with Gasteiger partial charge in [-0.2, -0.15) is 0 Å². The van der Waals surface area contributed by atoms with Gasteiger partial charge in [0.2, 0.25) is 0 Å². The second-order valence-corrected chi connectivity index (χ2v) is 8.61. The van der Waals surface area contributed by atoms with Crippen LogP contribution in [0.2, 0.25) is 0 Å². The summed E-state index contributed by atoms with van der Waals surface area (Å²) in [5.74, 6) is -0.117. The number of amides is 1. The monoisotopic (exact) mass is 482 g/mol. The lowest BCUT2D eigenvalue weighted by atomic mass is 9.95. The number of methoxy groups -OCH3 is 2. The van der Waals surface area contributed by atoms with E-state index in [1.54, 1.807) is 50.6 Å². The van der Waals surface area contributed by atoms with Gasteiger partial charge in [-0.3, -0.25) is 9.59 Å². The van der Waals surface area contributed by atoms with Gasteiger partial charge in [0.05, 0.1) is 25.8 Å². The molecule has 1 saturated heterocycles. The molecule has 0 saturated carbocycles. The van der Waals surface area contributed by atoms with Crippen LogP contribution in [0.1, 0.15) is 22.7 Å². The molecule has 7 nitrogen and oxygen atoms in total. The number of hydrogen-bond donors (Lipinski definition) is 2. The third-order valence-corrected chi connectivity index (χ3v) is 6.62. The Morgan fingerprint density at radius 1 is 0.944 bits per heavy atom. The molecule has 1 amide bonds. The highest BCUT2D eigenvalue weighted by Gasteiger charge is 2.45. The smallest absolute Gasteiger partial charge is 0.295 e. The third kappa shape index (κ3) is 4.09. The Labute approximate surface area is 208 Å². The van der Waals surface area contributed by atoms with Gasteiger partial charge in [0.15, 0.2) is 0 Å². The zero-order valence-electron chi connectivity index (χ0n) is 20.0. The van der Waals surface area contributed by atoms with E-state index in [2.05, 4.69) is 4.98 Å². The van der Waals surface area contributed by atoms with Crippen LogP contribution in [-0.2, 0) is 16.0 Å². The van der Waals surface area contributed by atoms with Crippen molar-refractivity contribution in [1.29, 1.82) is 0 Å². The lowest BCUT2D eigenvalue weighted by Crippen LogP contribution is -2.31. The molecule has 4 aromatic rings. The molecule has 1 aromatic heterocycles. The first-order valence-corrected chi connectivity index (χ1v) is 11.6. The first kappa shape index (κ1) is 23.2. The molecular weight excluding hydrogens is 456 g/mol. The van der Waals surface area contributed by atoms with E-state index in [0.29, 0.717) is 23.3 Å². The predicted octanol–water partition coefficient (Wildman–Crippen LogP) is 4.85. The number of ether oxygens (including phenoxy) is 2. The number of nitrogens with one attached hydrogen (secondary N) is 1. The van der Waals surface area contributed by atoms with Crippen molar-refractivity contribution >= 4 is 28.4 Å². The first-order valence-electron chi connectivity index (χ1n) is 11.6. The summed E-state index contributed by atoms with van der Waals surface area (Å²) in [5, 5.41) is 12.1. The number of benzene rings is 3. The second-order valence-electron chi connectivity index (χ2n) is 8.61. The van der Waals surface area contributed by atoms with Gasteiger partial charge in [-0.15, -0.1) is 0 Å². The molecule has 1 aliphatic heterocycles. The summed E-state index contributed by atoms with van der Waals surface area (Å²) < 4.78 is 10.6. The maximum atomic E-state index is 13.3. The predicted molar refractivity (Wildman–Crippen MR) is 137 cm³/mol. The third-order valence-electron chi connectivity index (χ3n) is 6.62. The summed E-state index contributed by atoms with van der Waals surface area (Å²) in [6, 6.07) is 21.1. The van der Waals surface area contributed by atoms with E-state index in [4.69, 9.17) is 9.47 Å². The van der Waals surface area contributed by atoms with Crippen LogP contribution in [-0.4, -0.2) is 47.4 Å². The highest BCUT2D eigenvalue weighted by Crippen LogP contribution is 2.40. The largest absolute Gasteiger partial charge is 0.507 e. The molecule has 1 aliphatic rings. The number of aliphatic hydroxyl groups is 1. The van der Waals surface area contributed by atoms with Gasteiger partial charge < -0.3 is 24.5 Å². The van der Waals surface area contributed by atoms with Crippen LogP contribution in [0, 0.1) is 0 Å². The molecule has 0 radical (unpaired) electrons. The maximum absolute atomic E-state index is 13.3. The molecule has 2 N–H and O–H groups in total. The minimum absolute atomic E-state index is 0.0805. The van der Waals surface area contributed by atoms with Crippen molar-refractivity contribution in [2.24, 2.45) is 0 Å². The fourth-order valence-electron chi connectivity index (χ4n) is 4.73. The molecule has 5 rings (SSSR count). The van der Waals surface area contributed by atoms with Crippen molar-refractivity contribution in [3.63, 3.8) is 0 Å². The number of carbonyl (C=O) groups is 2. The quantitative estimate of drug-likeness (QED) is 0.223. The van der Waals surface area contributed by atoms with Gasteiger partial charge in [0, 0.05) is 29.2 Å². The number of hydrogen-bond acceptors (Lipinski definition) is 5. The zero-order valence-corrected chi connectivity index (χ0v) is 20.0. The number of aromatic nitrogens is 1. The Kier molecular flexibility index (Phi) is 6.21. The van der Waals surface area contributed by atoms with Gasteiger partial charge in [-0.1, -0.05) is 42.5 Å². The number of aliphatic hydroxyl groups excluding tert-OH is 1. The van der Waals surface area contributed by atoms with Gasteiger partial charge >= 0.3 is 0 Å². The van der Waals surface area contributed by atoms with Crippen molar-refractivity contribution in [2.45, 2.75) is 12.5 Å². The highest BCUT2D eigenvalue weighted by molar-refractivity contribution is 6.46. The van der Waals surface area contributed by atoms with E-state index in [9.17, 15) is 14.7 Å². The molecular formula is C29H26N2O5. The number of nitrogens with zero attached hydrogens (tertiary/aromatic N) is 1. The topological polar surface area (TPSA) is 91.9 Å². The number of rotatable bonds is 7. The van der Waals surface area contributed by atoms with Crippen molar-refractivity contribution in [2.75, 3.05) is 20.8 Å². The van der Waals surface area contributed by atoms with Crippen molar-refractivity contribution in [3.8, 4) is 11.5 Å². The number of fused-ring (bicyclic) bond motifs is 1. The number of Topliss-reactive ketones (excluding diaryl/α,β-unsaturated/α-hetero) is 1. The molecule has 1 atom stereocenters. The average molecular weight is 483 g/mol. The molecule has 0 aliphatic carbocycles. The van der Waals surface area contributed by atoms with Gasteiger partial charge in [0.1, 0.15) is 17.3 Å².